The van der Waals surface area contributed by atoms with E-state index in [1.807, 2.05) is 44.4 Å². The number of carbonyl (C=O) groups is 5. The minimum atomic E-state index is -4.77. The molecule has 3 aromatic carbocycles. The number of likely N-dealkylation sites (N-methyl/N-ethyl adjacent to an activating group) is 1. The van der Waals surface area contributed by atoms with Crippen molar-refractivity contribution in [3.05, 3.63) is 99.7 Å². The van der Waals surface area contributed by atoms with Crippen LogP contribution in [-0.2, 0) is 27.0 Å². The maximum absolute atomic E-state index is 14.7. The molecule has 3 aliphatic rings. The van der Waals surface area contributed by atoms with Gasteiger partial charge in [-0.3, -0.25) is 43.7 Å². The van der Waals surface area contributed by atoms with Crippen LogP contribution in [0.4, 0.5) is 18.9 Å². The molecule has 5 amide bonds. The van der Waals surface area contributed by atoms with Crippen molar-refractivity contribution in [1.82, 2.24) is 29.6 Å². The number of nitrogens with one attached hydrogen (secondary N) is 2. The van der Waals surface area contributed by atoms with E-state index in [0.29, 0.717) is 23.5 Å². The zero-order valence-corrected chi connectivity index (χ0v) is 40.7. The summed E-state index contributed by atoms with van der Waals surface area (Å²) in [6.45, 7) is 13.9. The quantitative estimate of drug-likeness (QED) is 0.0742. The largest absolute Gasteiger partial charge is 0.493 e. The molecule has 2 aromatic heterocycles. The second-order valence-electron chi connectivity index (χ2n) is 19.3. The summed E-state index contributed by atoms with van der Waals surface area (Å²) in [7, 11) is 2.11. The van der Waals surface area contributed by atoms with Crippen LogP contribution in [0.5, 0.6) is 11.5 Å². The van der Waals surface area contributed by atoms with Crippen LogP contribution in [0.3, 0.4) is 0 Å². The number of primary amides is 1. The molecule has 16 nitrogen and oxygen atoms in total. The average Bonchev–Trinajstić information content (AvgIpc) is 3.97. The Morgan fingerprint density at radius 1 is 0.957 bits per heavy atom. The van der Waals surface area contributed by atoms with E-state index in [-0.39, 0.29) is 59.1 Å². The third-order valence-electron chi connectivity index (χ3n) is 13.0. The molecule has 0 spiro atoms. The highest BCUT2D eigenvalue weighted by atomic mass is 32.1. The van der Waals surface area contributed by atoms with Gasteiger partial charge in [0.15, 0.2) is 0 Å². The molecule has 0 saturated carbocycles. The average molecular weight is 987 g/mol. The van der Waals surface area contributed by atoms with Crippen LogP contribution in [0.15, 0.2) is 67.0 Å². The van der Waals surface area contributed by atoms with Crippen molar-refractivity contribution in [3.63, 3.8) is 0 Å². The zero-order valence-electron chi connectivity index (χ0n) is 39.9. The van der Waals surface area contributed by atoms with Gasteiger partial charge >= 0.3 is 6.18 Å². The summed E-state index contributed by atoms with van der Waals surface area (Å²) in [5, 5.41) is 6.12. The van der Waals surface area contributed by atoms with Crippen LogP contribution in [0, 0.1) is 0 Å². The normalized spacial score (nSPS) is 17.8. The van der Waals surface area contributed by atoms with Gasteiger partial charge in [0, 0.05) is 75.0 Å². The molecular weight excluding hydrogens is 930 g/mol. The number of amides is 5. The SMILES string of the molecule is CC(Oc1cc(-n2cnc3ccc(CN4CCN(C)CC4)cc32)sc1C(N)=O)c1ccc(OCCC(C)(C)OCCC(C)(C)Nc2cccc3c2C(=O)N(C2CCC(=O)NC2=O)C3=O)cc1C(F)(F)F. The zero-order chi connectivity index (χ0) is 50.3. The Kier molecular flexibility index (Phi) is 14.2. The second kappa shape index (κ2) is 19.8. The van der Waals surface area contributed by atoms with Gasteiger partial charge in [-0.05, 0) is 96.5 Å². The highest BCUT2D eigenvalue weighted by Gasteiger charge is 2.46. The monoisotopic (exact) mass is 986 g/mol. The summed E-state index contributed by atoms with van der Waals surface area (Å²) in [5.74, 6) is -3.10. The van der Waals surface area contributed by atoms with Crippen molar-refractivity contribution >= 4 is 57.6 Å². The van der Waals surface area contributed by atoms with Crippen LogP contribution in [0.1, 0.15) is 113 Å². The molecule has 20 heteroatoms. The molecule has 5 aromatic rings. The molecule has 5 heterocycles. The minimum Gasteiger partial charge on any atom is -0.493 e. The Morgan fingerprint density at radius 2 is 1.71 bits per heavy atom. The van der Waals surface area contributed by atoms with Gasteiger partial charge in [-0.25, -0.2) is 4.98 Å². The summed E-state index contributed by atoms with van der Waals surface area (Å²) in [6.07, 6.45) is -3.46. The number of halogens is 3. The highest BCUT2D eigenvalue weighted by Crippen LogP contribution is 2.41. The molecule has 2 atom stereocenters. The first-order chi connectivity index (χ1) is 33.1. The summed E-state index contributed by atoms with van der Waals surface area (Å²) >= 11 is 1.07. The highest BCUT2D eigenvalue weighted by molar-refractivity contribution is 7.16. The molecule has 2 unspecified atom stereocenters. The first-order valence-electron chi connectivity index (χ1n) is 23.2. The topological polar surface area (TPSA) is 191 Å². The number of thiophene rings is 1. The number of rotatable bonds is 18. The summed E-state index contributed by atoms with van der Waals surface area (Å²) < 4.78 is 64.1. The van der Waals surface area contributed by atoms with Crippen LogP contribution in [0.25, 0.3) is 16.0 Å². The lowest BCUT2D eigenvalue weighted by Gasteiger charge is -2.32. The Morgan fingerprint density at radius 3 is 2.43 bits per heavy atom. The fourth-order valence-electron chi connectivity index (χ4n) is 8.93. The number of hydrogen-bond donors (Lipinski definition) is 3. The fraction of sp³-hybridized carbons (Fsp3) is 0.440. The molecule has 70 heavy (non-hydrogen) atoms. The number of piperazine rings is 1. The molecule has 4 N–H and O–H groups in total. The number of fused-ring (bicyclic) bond motifs is 2. The number of aromatic nitrogens is 2. The number of nitrogens with zero attached hydrogens (tertiary/aromatic N) is 5. The molecule has 0 aliphatic carbocycles. The number of imide groups is 2. The van der Waals surface area contributed by atoms with E-state index in [9.17, 15) is 37.1 Å². The molecule has 3 aliphatic heterocycles. The maximum atomic E-state index is 14.7. The van der Waals surface area contributed by atoms with Crippen molar-refractivity contribution < 1.29 is 51.4 Å². The van der Waals surface area contributed by atoms with Gasteiger partial charge in [-0.1, -0.05) is 18.2 Å². The smallest absolute Gasteiger partial charge is 0.416 e. The van der Waals surface area contributed by atoms with Gasteiger partial charge < -0.3 is 30.2 Å². The predicted molar refractivity (Wildman–Crippen MR) is 256 cm³/mol. The van der Waals surface area contributed by atoms with E-state index in [4.69, 9.17) is 19.9 Å². The minimum absolute atomic E-state index is 0.00127. The van der Waals surface area contributed by atoms with Gasteiger partial charge in [0.25, 0.3) is 17.7 Å². The lowest BCUT2D eigenvalue weighted by Crippen LogP contribution is -2.54. The van der Waals surface area contributed by atoms with Crippen molar-refractivity contribution in [1.29, 1.82) is 0 Å². The lowest BCUT2D eigenvalue weighted by atomic mass is 9.98. The van der Waals surface area contributed by atoms with Crippen LogP contribution in [0.2, 0.25) is 0 Å². The molecule has 8 rings (SSSR count). The number of anilines is 1. The first-order valence-corrected chi connectivity index (χ1v) is 24.0. The van der Waals surface area contributed by atoms with Crippen LogP contribution in [-0.4, -0.2) is 117 Å². The Labute approximate surface area is 407 Å². The standard InChI is InChI=1S/C50H57F3N8O8S/c1-29(69-39-26-41(70-43(39)44(54)63)60-28-55-35-13-10-30(24-38(35)60)27-59-20-18-58(6)19-21-59)32-12-11-31(25-34(32)50(51,52)53)67-22-17-49(4,5)68-23-16-48(2,3)57-36-9-7-8-33-42(36)47(66)61(46(33)65)37-14-15-40(62)56-45(37)64/h7-13,24-26,28-29,37,57H,14-23,27H2,1-6H3,(H2,54,63)(H,56,62,64). The van der Waals surface area contributed by atoms with E-state index in [1.165, 1.54) is 25.1 Å². The van der Waals surface area contributed by atoms with Crippen molar-refractivity contribution in [2.24, 2.45) is 5.73 Å². The van der Waals surface area contributed by atoms with Gasteiger partial charge in [-0.15, -0.1) is 11.3 Å². The van der Waals surface area contributed by atoms with E-state index in [0.717, 1.165) is 71.6 Å². The van der Waals surface area contributed by atoms with Crippen LogP contribution < -0.4 is 25.8 Å². The first kappa shape index (κ1) is 50.1. The number of benzene rings is 3. The molecule has 0 radical (unpaired) electrons. The Bertz CT molecular complexity index is 2830. The fourth-order valence-corrected chi connectivity index (χ4v) is 9.85. The van der Waals surface area contributed by atoms with Gasteiger partial charge in [-0.2, -0.15) is 13.2 Å². The van der Waals surface area contributed by atoms with E-state index >= 15 is 0 Å². The number of imidazole rings is 1. The maximum Gasteiger partial charge on any atom is 0.416 e. The summed E-state index contributed by atoms with van der Waals surface area (Å²) in [5.41, 5.74) is 6.63. The van der Waals surface area contributed by atoms with Gasteiger partial charge in [0.1, 0.15) is 39.9 Å². The van der Waals surface area contributed by atoms with E-state index in [1.54, 1.807) is 24.5 Å². The van der Waals surface area contributed by atoms with E-state index < -0.39 is 64.6 Å². The number of nitrogens with two attached hydrogens (primary N) is 1. The van der Waals surface area contributed by atoms with E-state index in [2.05, 4.69) is 38.5 Å². The summed E-state index contributed by atoms with van der Waals surface area (Å²) in [4.78, 5) is 74.1. The number of carbonyl (C=O) groups excluding carboxylic acids is 5. The molecule has 2 saturated heterocycles. The Balaban J connectivity index is 0.873. The van der Waals surface area contributed by atoms with Crippen LogP contribution >= 0.6 is 11.3 Å². The lowest BCUT2D eigenvalue weighted by molar-refractivity contribution is -0.139. The molecule has 2 fully saturated rings. The van der Waals surface area contributed by atoms with Crippen molar-refractivity contribution in [2.45, 2.75) is 96.3 Å². The second-order valence-corrected chi connectivity index (χ2v) is 20.3. The third-order valence-corrected chi connectivity index (χ3v) is 14.1. The third kappa shape index (κ3) is 11.0. The van der Waals surface area contributed by atoms with Crippen molar-refractivity contribution in [2.75, 3.05) is 51.8 Å². The number of alkyl halides is 3. The Hall–Kier alpha value is -6.35. The predicted octanol–water partition coefficient (Wildman–Crippen LogP) is 7.34. The summed E-state index contributed by atoms with van der Waals surface area (Å²) in [6, 6.07) is 15.1. The number of hydrogen-bond acceptors (Lipinski definition) is 13. The number of ether oxygens (including phenoxy) is 3. The molecule has 372 valence electrons. The molecular formula is C50H57F3N8O8S. The van der Waals surface area contributed by atoms with Crippen molar-refractivity contribution in [3.8, 4) is 16.5 Å². The van der Waals surface area contributed by atoms with Gasteiger partial charge in [0.2, 0.25) is 11.8 Å². The number of piperidine rings is 1. The van der Waals surface area contributed by atoms with Gasteiger partial charge in [0.05, 0.1) is 39.9 Å². The molecule has 0 bridgehead atoms.